The van der Waals surface area contributed by atoms with Crippen molar-refractivity contribution in [3.8, 4) is 0 Å². The molecule has 1 nitrogen and oxygen atoms in total. The molecule has 1 aromatic carbocycles. The first kappa shape index (κ1) is 14.3. The molecular weight excluding hydrogens is 250 g/mol. The fraction of sp³-hybridized carbons (Fsp3) is 0.412. The number of aryl methyl sites for hydroxylation is 2. The molecule has 0 aliphatic rings. The standard InChI is InChI=1S/C17H23NS/c1-4-10-18-16(15-8-6-7-13(3)12-15)17-14(5-2)9-11-19-17/h6-9,11-12,16,18H,4-5,10H2,1-3H3. The highest BCUT2D eigenvalue weighted by atomic mass is 32.1. The maximum Gasteiger partial charge on any atom is 0.0673 e. The summed E-state index contributed by atoms with van der Waals surface area (Å²) < 4.78 is 0. The Hall–Kier alpha value is -1.12. The summed E-state index contributed by atoms with van der Waals surface area (Å²) in [5, 5.41) is 5.91. The molecule has 1 aromatic heterocycles. The highest BCUT2D eigenvalue weighted by molar-refractivity contribution is 7.10. The molecular formula is C17H23NS. The quantitative estimate of drug-likeness (QED) is 0.804. The molecule has 1 N–H and O–H groups in total. The minimum Gasteiger partial charge on any atom is -0.306 e. The van der Waals surface area contributed by atoms with Crippen LogP contribution in [0.1, 0.15) is 47.9 Å². The first-order valence-corrected chi connectivity index (χ1v) is 8.00. The highest BCUT2D eigenvalue weighted by Crippen LogP contribution is 2.30. The first-order valence-electron chi connectivity index (χ1n) is 7.12. The molecule has 1 heterocycles. The molecule has 0 radical (unpaired) electrons. The Morgan fingerprint density at radius 1 is 1.21 bits per heavy atom. The summed E-state index contributed by atoms with van der Waals surface area (Å²) in [6.07, 6.45) is 2.27. The van der Waals surface area contributed by atoms with Gasteiger partial charge in [-0.25, -0.2) is 0 Å². The zero-order chi connectivity index (χ0) is 13.7. The van der Waals surface area contributed by atoms with Gasteiger partial charge in [0, 0.05) is 4.88 Å². The molecule has 0 saturated carbocycles. The number of thiophene rings is 1. The third kappa shape index (κ3) is 3.46. The van der Waals surface area contributed by atoms with Crippen LogP contribution in [0.3, 0.4) is 0 Å². The van der Waals surface area contributed by atoms with Crippen molar-refractivity contribution in [2.24, 2.45) is 0 Å². The van der Waals surface area contributed by atoms with Crippen LogP contribution in [-0.4, -0.2) is 6.54 Å². The molecule has 102 valence electrons. The summed E-state index contributed by atoms with van der Waals surface area (Å²) in [6, 6.07) is 11.5. The van der Waals surface area contributed by atoms with E-state index in [0.29, 0.717) is 6.04 Å². The molecule has 1 unspecified atom stereocenters. The lowest BCUT2D eigenvalue weighted by molar-refractivity contribution is 0.602. The number of rotatable bonds is 6. The Bertz CT molecular complexity index is 515. The average molecular weight is 273 g/mol. The maximum absolute atomic E-state index is 3.70. The zero-order valence-corrected chi connectivity index (χ0v) is 12.9. The number of hydrogen-bond acceptors (Lipinski definition) is 2. The predicted octanol–water partition coefficient (Wildman–Crippen LogP) is 4.71. The van der Waals surface area contributed by atoms with Crippen molar-refractivity contribution in [3.63, 3.8) is 0 Å². The van der Waals surface area contributed by atoms with Gasteiger partial charge in [-0.05, 0) is 48.9 Å². The van der Waals surface area contributed by atoms with Gasteiger partial charge in [0.05, 0.1) is 6.04 Å². The van der Waals surface area contributed by atoms with Gasteiger partial charge in [0.25, 0.3) is 0 Å². The van der Waals surface area contributed by atoms with Crippen LogP contribution in [0.15, 0.2) is 35.7 Å². The summed E-state index contributed by atoms with van der Waals surface area (Å²) in [6.45, 7) is 7.67. The largest absolute Gasteiger partial charge is 0.306 e. The lowest BCUT2D eigenvalue weighted by Crippen LogP contribution is -2.23. The monoisotopic (exact) mass is 273 g/mol. The van der Waals surface area contributed by atoms with Gasteiger partial charge in [-0.1, -0.05) is 43.7 Å². The van der Waals surface area contributed by atoms with E-state index in [1.54, 1.807) is 0 Å². The van der Waals surface area contributed by atoms with Crippen LogP contribution in [0.2, 0.25) is 0 Å². The van der Waals surface area contributed by atoms with Crippen LogP contribution >= 0.6 is 11.3 Å². The molecule has 0 saturated heterocycles. The van der Waals surface area contributed by atoms with Crippen molar-refractivity contribution in [2.75, 3.05) is 6.54 Å². The fourth-order valence-electron chi connectivity index (χ4n) is 2.39. The minimum atomic E-state index is 0.342. The van der Waals surface area contributed by atoms with Gasteiger partial charge >= 0.3 is 0 Å². The molecule has 0 amide bonds. The van der Waals surface area contributed by atoms with E-state index in [1.807, 2.05) is 11.3 Å². The van der Waals surface area contributed by atoms with E-state index in [9.17, 15) is 0 Å². The van der Waals surface area contributed by atoms with E-state index in [-0.39, 0.29) is 0 Å². The van der Waals surface area contributed by atoms with Crippen molar-refractivity contribution in [3.05, 3.63) is 57.3 Å². The van der Waals surface area contributed by atoms with E-state index in [0.717, 1.165) is 19.4 Å². The Balaban J connectivity index is 2.35. The molecule has 2 rings (SSSR count). The summed E-state index contributed by atoms with van der Waals surface area (Å²) in [4.78, 5) is 1.47. The maximum atomic E-state index is 3.70. The summed E-state index contributed by atoms with van der Waals surface area (Å²) >= 11 is 1.87. The second-order valence-corrected chi connectivity index (χ2v) is 5.91. The second-order valence-electron chi connectivity index (χ2n) is 4.96. The van der Waals surface area contributed by atoms with Crippen molar-refractivity contribution in [1.82, 2.24) is 5.32 Å². The van der Waals surface area contributed by atoms with Crippen LogP contribution in [0.4, 0.5) is 0 Å². The lowest BCUT2D eigenvalue weighted by Gasteiger charge is -2.20. The molecule has 0 bridgehead atoms. The molecule has 19 heavy (non-hydrogen) atoms. The zero-order valence-electron chi connectivity index (χ0n) is 12.1. The van der Waals surface area contributed by atoms with Gasteiger partial charge in [0.2, 0.25) is 0 Å². The Labute approximate surface area is 120 Å². The van der Waals surface area contributed by atoms with Crippen molar-refractivity contribution < 1.29 is 0 Å². The number of nitrogens with one attached hydrogen (secondary N) is 1. The third-order valence-electron chi connectivity index (χ3n) is 3.40. The normalized spacial score (nSPS) is 12.6. The number of benzene rings is 1. The van der Waals surface area contributed by atoms with Gasteiger partial charge in [-0.3, -0.25) is 0 Å². The molecule has 1 atom stereocenters. The Morgan fingerprint density at radius 2 is 2.05 bits per heavy atom. The van der Waals surface area contributed by atoms with E-state index in [1.165, 1.54) is 21.6 Å². The van der Waals surface area contributed by atoms with Gasteiger partial charge in [0.1, 0.15) is 0 Å². The van der Waals surface area contributed by atoms with Crippen molar-refractivity contribution >= 4 is 11.3 Å². The molecule has 2 heteroatoms. The van der Waals surface area contributed by atoms with Crippen LogP contribution in [0.5, 0.6) is 0 Å². The lowest BCUT2D eigenvalue weighted by atomic mass is 10.00. The molecule has 0 aliphatic carbocycles. The third-order valence-corrected chi connectivity index (χ3v) is 4.42. The topological polar surface area (TPSA) is 12.0 Å². The summed E-state index contributed by atoms with van der Waals surface area (Å²) in [7, 11) is 0. The van der Waals surface area contributed by atoms with Gasteiger partial charge < -0.3 is 5.32 Å². The molecule has 2 aromatic rings. The van der Waals surface area contributed by atoms with Gasteiger partial charge in [0.15, 0.2) is 0 Å². The average Bonchev–Trinajstić information content (AvgIpc) is 2.88. The fourth-order valence-corrected chi connectivity index (χ4v) is 3.49. The smallest absolute Gasteiger partial charge is 0.0673 e. The summed E-state index contributed by atoms with van der Waals surface area (Å²) in [5.74, 6) is 0. The van der Waals surface area contributed by atoms with E-state index >= 15 is 0 Å². The molecule has 0 spiro atoms. The Kier molecular flexibility index (Phi) is 5.17. The van der Waals surface area contributed by atoms with Gasteiger partial charge in [-0.2, -0.15) is 0 Å². The van der Waals surface area contributed by atoms with E-state index in [4.69, 9.17) is 0 Å². The second kappa shape index (κ2) is 6.88. The minimum absolute atomic E-state index is 0.342. The van der Waals surface area contributed by atoms with Crippen molar-refractivity contribution in [1.29, 1.82) is 0 Å². The van der Waals surface area contributed by atoms with E-state index in [2.05, 4.69) is 61.8 Å². The van der Waals surface area contributed by atoms with Crippen molar-refractivity contribution in [2.45, 2.75) is 39.7 Å². The highest BCUT2D eigenvalue weighted by Gasteiger charge is 2.17. The van der Waals surface area contributed by atoms with Crippen LogP contribution in [0.25, 0.3) is 0 Å². The van der Waals surface area contributed by atoms with Gasteiger partial charge in [-0.15, -0.1) is 11.3 Å². The molecule has 0 fully saturated rings. The SMILES string of the molecule is CCCNC(c1cccc(C)c1)c1sccc1CC. The van der Waals surface area contributed by atoms with Crippen LogP contribution < -0.4 is 5.32 Å². The van der Waals surface area contributed by atoms with Crippen LogP contribution in [0, 0.1) is 6.92 Å². The van der Waals surface area contributed by atoms with E-state index < -0.39 is 0 Å². The Morgan fingerprint density at radius 3 is 2.74 bits per heavy atom. The number of hydrogen-bond donors (Lipinski definition) is 1. The van der Waals surface area contributed by atoms with Crippen LogP contribution in [-0.2, 0) is 6.42 Å². The predicted molar refractivity (Wildman–Crippen MR) is 85.0 cm³/mol. The molecule has 0 aliphatic heterocycles. The first-order chi connectivity index (χ1) is 9.26. The summed E-state index contributed by atoms with van der Waals surface area (Å²) in [5.41, 5.74) is 4.18.